The second kappa shape index (κ2) is 5.37. The predicted octanol–water partition coefficient (Wildman–Crippen LogP) is -0.293. The van der Waals surface area contributed by atoms with Crippen LogP contribution in [0.4, 0.5) is 0 Å². The van der Waals surface area contributed by atoms with Crippen LogP contribution in [0.1, 0.15) is 26.7 Å². The topological polar surface area (TPSA) is 92.4 Å². The van der Waals surface area contributed by atoms with Gasteiger partial charge in [-0.25, -0.2) is 4.79 Å². The van der Waals surface area contributed by atoms with Crippen LogP contribution in [0, 0.1) is 12.3 Å². The van der Waals surface area contributed by atoms with Crippen molar-refractivity contribution < 1.29 is 14.7 Å². The first-order valence-corrected chi connectivity index (χ1v) is 4.61. The van der Waals surface area contributed by atoms with Crippen molar-refractivity contribution in [2.24, 2.45) is 5.73 Å². The number of nitrogens with two attached hydrogens (primary N) is 1. The fraction of sp³-hybridized carbons (Fsp3) is 0.600. The summed E-state index contributed by atoms with van der Waals surface area (Å²) in [5.41, 5.74) is 4.58. The second-order valence-corrected chi connectivity index (χ2v) is 3.54. The Hall–Kier alpha value is -1.54. The van der Waals surface area contributed by atoms with Crippen molar-refractivity contribution in [3.63, 3.8) is 0 Å². The second-order valence-electron chi connectivity index (χ2n) is 3.54. The predicted molar refractivity (Wildman–Crippen MR) is 55.9 cm³/mol. The fourth-order valence-electron chi connectivity index (χ4n) is 0.802. The molecule has 0 bridgehead atoms. The molecule has 0 saturated carbocycles. The molecule has 0 saturated heterocycles. The maximum Gasteiger partial charge on any atom is 0.327 e. The number of terminal acetylenes is 1. The van der Waals surface area contributed by atoms with Crippen LogP contribution in [0.3, 0.4) is 0 Å². The Balaban J connectivity index is 4.50. The molecule has 0 aliphatic heterocycles. The maximum atomic E-state index is 11.5. The van der Waals surface area contributed by atoms with Gasteiger partial charge in [0.2, 0.25) is 5.91 Å². The Kier molecular flexibility index (Phi) is 4.82. The van der Waals surface area contributed by atoms with Gasteiger partial charge in [-0.1, -0.05) is 6.92 Å². The van der Waals surface area contributed by atoms with Crippen molar-refractivity contribution in [1.29, 1.82) is 0 Å². The molecule has 0 aliphatic carbocycles. The van der Waals surface area contributed by atoms with Gasteiger partial charge in [-0.3, -0.25) is 4.79 Å². The van der Waals surface area contributed by atoms with Gasteiger partial charge in [0.25, 0.3) is 0 Å². The molecule has 0 aliphatic rings. The molecule has 0 radical (unpaired) electrons. The third-order valence-corrected chi connectivity index (χ3v) is 2.18. The zero-order chi connectivity index (χ0) is 12.1. The van der Waals surface area contributed by atoms with Crippen LogP contribution in [0.5, 0.6) is 0 Å². The largest absolute Gasteiger partial charge is 0.480 e. The van der Waals surface area contributed by atoms with Gasteiger partial charge in [0, 0.05) is 6.42 Å². The molecule has 0 aromatic heterocycles. The molecule has 0 aromatic carbocycles. The van der Waals surface area contributed by atoms with Crippen molar-refractivity contribution in [1.82, 2.24) is 5.32 Å². The van der Waals surface area contributed by atoms with Gasteiger partial charge in [0.1, 0.15) is 6.04 Å². The average Bonchev–Trinajstić information content (AvgIpc) is 2.16. The lowest BCUT2D eigenvalue weighted by molar-refractivity contribution is -0.142. The van der Waals surface area contributed by atoms with Gasteiger partial charge in [-0.15, -0.1) is 12.3 Å². The van der Waals surface area contributed by atoms with Crippen LogP contribution >= 0.6 is 0 Å². The minimum absolute atomic E-state index is 0.0547. The number of carboxylic acids is 1. The van der Waals surface area contributed by atoms with E-state index in [2.05, 4.69) is 11.2 Å². The third-order valence-electron chi connectivity index (χ3n) is 2.18. The third kappa shape index (κ3) is 4.00. The summed E-state index contributed by atoms with van der Waals surface area (Å²) in [7, 11) is 0. The maximum absolute atomic E-state index is 11.5. The number of carbonyl (C=O) groups excluding carboxylic acids is 1. The first kappa shape index (κ1) is 13.5. The Bertz CT molecular complexity index is 292. The van der Waals surface area contributed by atoms with Crippen LogP contribution in [0.25, 0.3) is 0 Å². The Morgan fingerprint density at radius 1 is 1.67 bits per heavy atom. The quantitative estimate of drug-likeness (QED) is 0.546. The van der Waals surface area contributed by atoms with Crippen LogP contribution in [-0.4, -0.2) is 28.6 Å². The molecule has 5 nitrogen and oxygen atoms in total. The highest BCUT2D eigenvalue weighted by Crippen LogP contribution is 2.05. The van der Waals surface area contributed by atoms with Crippen molar-refractivity contribution in [2.75, 3.05) is 0 Å². The number of hydrogen-bond acceptors (Lipinski definition) is 3. The molecule has 15 heavy (non-hydrogen) atoms. The number of nitrogens with one attached hydrogen (secondary N) is 1. The zero-order valence-electron chi connectivity index (χ0n) is 8.91. The fourth-order valence-corrected chi connectivity index (χ4v) is 0.802. The lowest BCUT2D eigenvalue weighted by Gasteiger charge is -2.23. The average molecular weight is 212 g/mol. The van der Waals surface area contributed by atoms with Crippen molar-refractivity contribution >= 4 is 11.9 Å². The van der Waals surface area contributed by atoms with Gasteiger partial charge in [-0.05, 0) is 13.3 Å². The number of hydrogen-bond donors (Lipinski definition) is 3. The summed E-state index contributed by atoms with van der Waals surface area (Å²) >= 11 is 0. The smallest absolute Gasteiger partial charge is 0.327 e. The first-order valence-electron chi connectivity index (χ1n) is 4.61. The summed E-state index contributed by atoms with van der Waals surface area (Å²) in [5, 5.41) is 11.0. The molecule has 0 rings (SSSR count). The van der Waals surface area contributed by atoms with E-state index in [9.17, 15) is 9.59 Å². The summed E-state index contributed by atoms with van der Waals surface area (Å²) in [4.78, 5) is 22.2. The van der Waals surface area contributed by atoms with Crippen molar-refractivity contribution in [2.45, 2.75) is 38.3 Å². The van der Waals surface area contributed by atoms with E-state index >= 15 is 0 Å². The summed E-state index contributed by atoms with van der Waals surface area (Å²) in [6, 6.07) is -1.07. The molecular weight excluding hydrogens is 196 g/mol. The molecule has 0 fully saturated rings. The van der Waals surface area contributed by atoms with E-state index in [1.165, 1.54) is 6.92 Å². The van der Waals surface area contributed by atoms with E-state index in [1.807, 2.05) is 0 Å². The number of amides is 1. The molecule has 0 aromatic rings. The number of aliphatic carboxylic acids is 1. The summed E-state index contributed by atoms with van der Waals surface area (Å²) in [6.07, 6.45) is 5.35. The number of rotatable bonds is 5. The van der Waals surface area contributed by atoms with Gasteiger partial charge < -0.3 is 16.2 Å². The highest BCUT2D eigenvalue weighted by Gasteiger charge is 2.29. The molecule has 0 spiro atoms. The molecule has 0 heterocycles. The minimum Gasteiger partial charge on any atom is -0.480 e. The van der Waals surface area contributed by atoms with E-state index in [-0.39, 0.29) is 6.42 Å². The molecule has 84 valence electrons. The number of carbonyl (C=O) groups is 2. The monoisotopic (exact) mass is 212 g/mol. The van der Waals surface area contributed by atoms with E-state index < -0.39 is 23.5 Å². The van der Waals surface area contributed by atoms with Gasteiger partial charge in [0.15, 0.2) is 0 Å². The molecule has 1 amide bonds. The van der Waals surface area contributed by atoms with E-state index in [1.54, 1.807) is 6.92 Å². The lowest BCUT2D eigenvalue weighted by atomic mass is 9.99. The van der Waals surface area contributed by atoms with Gasteiger partial charge in [-0.2, -0.15) is 0 Å². The summed E-state index contributed by atoms with van der Waals surface area (Å²) < 4.78 is 0. The van der Waals surface area contributed by atoms with Crippen LogP contribution in [-0.2, 0) is 9.59 Å². The number of carboxylic acid groups (broad SMARTS) is 1. The summed E-state index contributed by atoms with van der Waals surface area (Å²) in [6.45, 7) is 3.29. The van der Waals surface area contributed by atoms with Crippen molar-refractivity contribution in [3.8, 4) is 12.3 Å². The highest BCUT2D eigenvalue weighted by atomic mass is 16.4. The minimum atomic E-state index is -1.16. The van der Waals surface area contributed by atoms with Gasteiger partial charge in [0.05, 0.1) is 5.54 Å². The van der Waals surface area contributed by atoms with E-state index in [4.69, 9.17) is 17.3 Å². The SMILES string of the molecule is C#CCC(NC(=O)C(C)(N)CC)C(=O)O. The van der Waals surface area contributed by atoms with Crippen molar-refractivity contribution in [3.05, 3.63) is 0 Å². The highest BCUT2D eigenvalue weighted by molar-refractivity contribution is 5.89. The normalized spacial score (nSPS) is 15.9. The van der Waals surface area contributed by atoms with E-state index in [0.29, 0.717) is 6.42 Å². The Labute approximate surface area is 89.0 Å². The van der Waals surface area contributed by atoms with Crippen LogP contribution in [0.15, 0.2) is 0 Å². The van der Waals surface area contributed by atoms with Crippen LogP contribution < -0.4 is 11.1 Å². The molecule has 4 N–H and O–H groups in total. The first-order chi connectivity index (χ1) is 6.85. The Morgan fingerprint density at radius 2 is 2.20 bits per heavy atom. The van der Waals surface area contributed by atoms with Crippen LogP contribution in [0.2, 0.25) is 0 Å². The molecule has 2 unspecified atom stereocenters. The van der Waals surface area contributed by atoms with Gasteiger partial charge >= 0.3 is 5.97 Å². The lowest BCUT2D eigenvalue weighted by Crippen LogP contribution is -2.55. The standard InChI is InChI=1S/C10H16N2O3/c1-4-6-7(8(13)14)12-9(15)10(3,11)5-2/h1,7H,5-6,11H2,2-3H3,(H,12,15)(H,13,14). The summed E-state index contributed by atoms with van der Waals surface area (Å²) in [5.74, 6) is 0.522. The molecular formula is C10H16N2O3. The van der Waals surface area contributed by atoms with E-state index in [0.717, 1.165) is 0 Å². The molecule has 2 atom stereocenters. The zero-order valence-corrected chi connectivity index (χ0v) is 8.91. The Morgan fingerprint density at radius 3 is 2.53 bits per heavy atom. The molecule has 5 heteroatoms.